The molecule has 0 unspecified atom stereocenters. The molecule has 3 rings (SSSR count). The van der Waals surface area contributed by atoms with Crippen molar-refractivity contribution in [3.8, 4) is 0 Å². The van der Waals surface area contributed by atoms with E-state index in [4.69, 9.17) is 16.3 Å². The Morgan fingerprint density at radius 1 is 1.21 bits per heavy atom. The first-order chi connectivity index (χ1) is 13.5. The number of carbonyl (C=O) groups excluding carboxylic acids is 1. The first-order valence-electron chi connectivity index (χ1n) is 8.89. The number of amides is 1. The molecule has 29 heavy (non-hydrogen) atoms. The number of carboxylic acid groups (broad SMARTS) is 1. The lowest BCUT2D eigenvalue weighted by Gasteiger charge is -2.20. The van der Waals surface area contributed by atoms with Crippen LogP contribution in [0.15, 0.2) is 30.3 Å². The molecule has 0 atom stereocenters. The molecule has 1 amide bonds. The molecule has 2 heterocycles. The van der Waals surface area contributed by atoms with Crippen LogP contribution < -0.4 is 5.32 Å². The molecule has 9 heteroatoms. The van der Waals surface area contributed by atoms with Gasteiger partial charge in [-0.1, -0.05) is 17.7 Å². The van der Waals surface area contributed by atoms with Crippen molar-refractivity contribution in [3.63, 3.8) is 0 Å². The Balaban J connectivity index is 1.85. The summed E-state index contributed by atoms with van der Waals surface area (Å²) in [6, 6.07) is 8.18. The molecule has 0 aliphatic heterocycles. The van der Waals surface area contributed by atoms with Crippen LogP contribution >= 0.6 is 11.6 Å². The Bertz CT molecular complexity index is 1100. The number of rotatable bonds is 4. The monoisotopic (exact) mass is 416 g/mol. The summed E-state index contributed by atoms with van der Waals surface area (Å²) >= 11 is 6.41. The highest BCUT2D eigenvalue weighted by atomic mass is 35.5. The number of carbonyl (C=O) groups is 2. The fraction of sp³-hybridized carbons (Fsp3) is 0.300. The van der Waals surface area contributed by atoms with Crippen molar-refractivity contribution in [1.82, 2.24) is 14.5 Å². The van der Waals surface area contributed by atoms with Gasteiger partial charge in [-0.3, -0.25) is 5.32 Å². The van der Waals surface area contributed by atoms with Crippen molar-refractivity contribution in [1.29, 1.82) is 0 Å². The molecular weight excluding hydrogens is 396 g/mol. The fourth-order valence-corrected chi connectivity index (χ4v) is 3.01. The van der Waals surface area contributed by atoms with Gasteiger partial charge in [0.05, 0.1) is 6.54 Å². The van der Waals surface area contributed by atoms with Crippen LogP contribution in [0.2, 0.25) is 5.02 Å². The van der Waals surface area contributed by atoms with Crippen molar-refractivity contribution < 1.29 is 19.4 Å². The minimum Gasteiger partial charge on any atom is -0.477 e. The minimum atomic E-state index is -1.10. The Hall–Kier alpha value is -3.13. The van der Waals surface area contributed by atoms with Crippen molar-refractivity contribution in [2.45, 2.75) is 39.8 Å². The second-order valence-corrected chi connectivity index (χ2v) is 7.93. The molecule has 0 aliphatic rings. The third kappa shape index (κ3) is 4.83. The number of hydrogen-bond donors (Lipinski definition) is 2. The van der Waals surface area contributed by atoms with Gasteiger partial charge in [-0.25, -0.2) is 19.6 Å². The van der Waals surface area contributed by atoms with Gasteiger partial charge in [0.1, 0.15) is 16.9 Å². The SMILES string of the molecule is Cc1nc2ccc(C(=O)O)nc2n1Cc1ccc(NC(=O)OC(C)(C)C)cc1Cl. The number of nitrogens with one attached hydrogen (secondary N) is 1. The number of hydrogen-bond acceptors (Lipinski definition) is 5. The van der Waals surface area contributed by atoms with Crippen LogP contribution in [0.1, 0.15) is 42.6 Å². The van der Waals surface area contributed by atoms with E-state index >= 15 is 0 Å². The van der Waals surface area contributed by atoms with Gasteiger partial charge in [0.15, 0.2) is 11.3 Å². The summed E-state index contributed by atoms with van der Waals surface area (Å²) in [5.41, 5.74) is 1.69. The predicted octanol–water partition coefficient (Wildman–Crippen LogP) is 4.49. The van der Waals surface area contributed by atoms with Gasteiger partial charge >= 0.3 is 12.1 Å². The molecule has 2 N–H and O–H groups in total. The lowest BCUT2D eigenvalue weighted by Crippen LogP contribution is -2.27. The summed E-state index contributed by atoms with van der Waals surface area (Å²) in [5.74, 6) is -0.421. The second kappa shape index (κ2) is 7.71. The van der Waals surface area contributed by atoms with Gasteiger partial charge in [-0.2, -0.15) is 0 Å². The zero-order chi connectivity index (χ0) is 21.3. The topological polar surface area (TPSA) is 106 Å². The highest BCUT2D eigenvalue weighted by Gasteiger charge is 2.17. The van der Waals surface area contributed by atoms with E-state index in [-0.39, 0.29) is 5.69 Å². The number of anilines is 1. The van der Waals surface area contributed by atoms with Gasteiger partial charge in [0.25, 0.3) is 0 Å². The van der Waals surface area contributed by atoms with Crippen LogP contribution in [-0.2, 0) is 11.3 Å². The van der Waals surface area contributed by atoms with E-state index in [0.717, 1.165) is 5.56 Å². The Labute approximate surface area is 172 Å². The number of imidazole rings is 1. The Morgan fingerprint density at radius 2 is 1.93 bits per heavy atom. The number of fused-ring (bicyclic) bond motifs is 1. The maximum Gasteiger partial charge on any atom is 0.412 e. The van der Waals surface area contributed by atoms with Crippen LogP contribution in [0, 0.1) is 6.92 Å². The molecule has 0 radical (unpaired) electrons. The summed E-state index contributed by atoms with van der Waals surface area (Å²) in [6.45, 7) is 7.51. The molecule has 0 saturated heterocycles. The highest BCUT2D eigenvalue weighted by Crippen LogP contribution is 2.25. The molecule has 0 saturated carbocycles. The summed E-state index contributed by atoms with van der Waals surface area (Å²) in [5, 5.41) is 12.3. The van der Waals surface area contributed by atoms with Crippen LogP contribution in [0.5, 0.6) is 0 Å². The molecule has 1 aromatic carbocycles. The number of carboxylic acids is 1. The quantitative estimate of drug-likeness (QED) is 0.649. The number of aromatic carboxylic acids is 1. The smallest absolute Gasteiger partial charge is 0.412 e. The number of aromatic nitrogens is 3. The highest BCUT2D eigenvalue weighted by molar-refractivity contribution is 6.31. The third-order valence-electron chi connectivity index (χ3n) is 4.03. The van der Waals surface area contributed by atoms with Crippen LogP contribution in [0.3, 0.4) is 0 Å². The largest absolute Gasteiger partial charge is 0.477 e. The summed E-state index contributed by atoms with van der Waals surface area (Å²) in [4.78, 5) is 31.8. The predicted molar refractivity (Wildman–Crippen MR) is 110 cm³/mol. The normalized spacial score (nSPS) is 11.5. The standard InChI is InChI=1S/C20H21ClN4O4/c1-11-22-15-7-8-16(18(26)27)24-17(15)25(11)10-12-5-6-13(9-14(12)21)23-19(28)29-20(2,3)4/h5-9H,10H2,1-4H3,(H,23,28)(H,26,27). The summed E-state index contributed by atoms with van der Waals surface area (Å²) in [7, 11) is 0. The molecule has 2 aromatic heterocycles. The summed E-state index contributed by atoms with van der Waals surface area (Å²) in [6.07, 6.45) is -0.567. The maximum absolute atomic E-state index is 11.9. The first-order valence-corrected chi connectivity index (χ1v) is 9.27. The average molecular weight is 417 g/mol. The number of halogens is 1. The molecule has 0 spiro atoms. The summed E-state index contributed by atoms with van der Waals surface area (Å²) < 4.78 is 7.03. The second-order valence-electron chi connectivity index (χ2n) is 7.52. The van der Waals surface area contributed by atoms with Crippen molar-refractivity contribution in [2.24, 2.45) is 0 Å². The van der Waals surface area contributed by atoms with Crippen molar-refractivity contribution in [3.05, 3.63) is 52.4 Å². The lowest BCUT2D eigenvalue weighted by atomic mass is 10.2. The van der Waals surface area contributed by atoms with Crippen molar-refractivity contribution >= 4 is 40.5 Å². The van der Waals surface area contributed by atoms with Gasteiger partial charge < -0.3 is 14.4 Å². The van der Waals surface area contributed by atoms with Gasteiger partial charge in [-0.15, -0.1) is 0 Å². The molecule has 152 valence electrons. The number of nitrogens with zero attached hydrogens (tertiary/aromatic N) is 3. The number of ether oxygens (including phenoxy) is 1. The van der Waals surface area contributed by atoms with E-state index in [9.17, 15) is 14.7 Å². The molecule has 0 aliphatic carbocycles. The van der Waals surface area contributed by atoms with Crippen molar-refractivity contribution in [2.75, 3.05) is 5.32 Å². The van der Waals surface area contributed by atoms with E-state index in [0.29, 0.717) is 34.2 Å². The molecule has 0 fully saturated rings. The maximum atomic E-state index is 11.9. The zero-order valence-electron chi connectivity index (χ0n) is 16.5. The van der Waals surface area contributed by atoms with Crippen LogP contribution in [0.4, 0.5) is 10.5 Å². The molecule has 8 nitrogen and oxygen atoms in total. The average Bonchev–Trinajstić information content (AvgIpc) is 2.90. The van der Waals surface area contributed by atoms with E-state index in [2.05, 4.69) is 15.3 Å². The molecule has 3 aromatic rings. The zero-order valence-corrected chi connectivity index (χ0v) is 17.2. The van der Waals surface area contributed by atoms with E-state index < -0.39 is 17.7 Å². The first kappa shape index (κ1) is 20.6. The van der Waals surface area contributed by atoms with E-state index in [1.54, 1.807) is 49.6 Å². The fourth-order valence-electron chi connectivity index (χ4n) is 2.77. The van der Waals surface area contributed by atoms with Gasteiger partial charge in [0, 0.05) is 10.7 Å². The van der Waals surface area contributed by atoms with Crippen LogP contribution in [0.25, 0.3) is 11.2 Å². The number of aryl methyl sites for hydroxylation is 1. The third-order valence-corrected chi connectivity index (χ3v) is 4.38. The molecular formula is C20H21ClN4O4. The Kier molecular flexibility index (Phi) is 5.48. The Morgan fingerprint density at radius 3 is 2.55 bits per heavy atom. The minimum absolute atomic E-state index is 0.0540. The molecule has 0 bridgehead atoms. The van der Waals surface area contributed by atoms with Crippen LogP contribution in [-0.4, -0.2) is 37.3 Å². The van der Waals surface area contributed by atoms with E-state index in [1.807, 2.05) is 6.92 Å². The number of pyridine rings is 1. The van der Waals surface area contributed by atoms with Gasteiger partial charge in [-0.05, 0) is 57.5 Å². The van der Waals surface area contributed by atoms with E-state index in [1.165, 1.54) is 6.07 Å². The number of benzene rings is 1. The van der Waals surface area contributed by atoms with Gasteiger partial charge in [0.2, 0.25) is 0 Å². The lowest BCUT2D eigenvalue weighted by molar-refractivity contribution is 0.0634.